The third-order valence-corrected chi connectivity index (χ3v) is 2.27. The van der Waals surface area contributed by atoms with Crippen LogP contribution in [0.15, 0.2) is 35.9 Å². The Labute approximate surface area is 102 Å². The molecule has 1 rings (SSSR count). The third kappa shape index (κ3) is 3.80. The summed E-state index contributed by atoms with van der Waals surface area (Å²) in [6.07, 6.45) is -3.12. The summed E-state index contributed by atoms with van der Waals surface area (Å²) in [7, 11) is 0. The third-order valence-electron chi connectivity index (χ3n) is 2.27. The molecule has 0 heterocycles. The van der Waals surface area contributed by atoms with E-state index in [-0.39, 0.29) is 17.8 Å². The molecule has 0 bridgehead atoms. The van der Waals surface area contributed by atoms with Gasteiger partial charge in [-0.15, -0.1) is 0 Å². The molecule has 0 unspecified atom stereocenters. The lowest BCUT2D eigenvalue weighted by Crippen LogP contribution is -2.11. The molecule has 0 saturated heterocycles. The van der Waals surface area contributed by atoms with Gasteiger partial charge in [0.15, 0.2) is 0 Å². The van der Waals surface area contributed by atoms with Gasteiger partial charge in [0.2, 0.25) is 0 Å². The van der Waals surface area contributed by atoms with E-state index in [0.29, 0.717) is 0 Å². The average molecular weight is 259 g/mol. The molecule has 0 aliphatic rings. The monoisotopic (exact) mass is 259 g/mol. The molecule has 0 aliphatic heterocycles. The summed E-state index contributed by atoms with van der Waals surface area (Å²) < 4.78 is 37.8. The summed E-state index contributed by atoms with van der Waals surface area (Å²) in [6.45, 7) is 1.39. The smallest absolute Gasteiger partial charge is 0.418 e. The van der Waals surface area contributed by atoms with Gasteiger partial charge < -0.3 is 10.4 Å². The molecular formula is C12H12F3NO2. The molecule has 0 aromatic heterocycles. The highest BCUT2D eigenvalue weighted by Gasteiger charge is 2.32. The molecule has 0 aliphatic carbocycles. The number of alkyl halides is 3. The fourth-order valence-electron chi connectivity index (χ4n) is 1.29. The van der Waals surface area contributed by atoms with Crippen molar-refractivity contribution in [2.75, 3.05) is 11.9 Å². The molecular weight excluding hydrogens is 247 g/mol. The van der Waals surface area contributed by atoms with Crippen molar-refractivity contribution in [2.45, 2.75) is 13.1 Å². The van der Waals surface area contributed by atoms with Crippen molar-refractivity contribution in [1.29, 1.82) is 0 Å². The van der Waals surface area contributed by atoms with Gasteiger partial charge >= 0.3 is 12.1 Å². The van der Waals surface area contributed by atoms with Crippen LogP contribution < -0.4 is 5.32 Å². The number of hydrogen-bond donors (Lipinski definition) is 2. The normalized spacial score (nSPS) is 12.3. The van der Waals surface area contributed by atoms with Crippen LogP contribution in [0.3, 0.4) is 0 Å². The Balaban J connectivity index is 2.80. The van der Waals surface area contributed by atoms with Crippen molar-refractivity contribution in [2.24, 2.45) is 0 Å². The Morgan fingerprint density at radius 3 is 2.56 bits per heavy atom. The number of benzene rings is 1. The Kier molecular flexibility index (Phi) is 4.36. The van der Waals surface area contributed by atoms with Gasteiger partial charge in [-0.25, -0.2) is 4.79 Å². The first kappa shape index (κ1) is 14.1. The second-order valence-electron chi connectivity index (χ2n) is 3.62. The van der Waals surface area contributed by atoms with E-state index in [1.165, 1.54) is 31.2 Å². The zero-order valence-electron chi connectivity index (χ0n) is 9.58. The minimum atomic E-state index is -4.44. The summed E-state index contributed by atoms with van der Waals surface area (Å²) in [4.78, 5) is 10.5. The van der Waals surface area contributed by atoms with E-state index in [0.717, 1.165) is 6.07 Å². The van der Waals surface area contributed by atoms with Gasteiger partial charge in [-0.2, -0.15) is 13.2 Å². The zero-order chi connectivity index (χ0) is 13.8. The minimum Gasteiger partial charge on any atom is -0.478 e. The van der Waals surface area contributed by atoms with Crippen LogP contribution in [0.25, 0.3) is 0 Å². The first-order valence-corrected chi connectivity index (χ1v) is 5.12. The first-order valence-electron chi connectivity index (χ1n) is 5.12. The second kappa shape index (κ2) is 5.57. The van der Waals surface area contributed by atoms with Gasteiger partial charge in [-0.1, -0.05) is 18.2 Å². The van der Waals surface area contributed by atoms with E-state index in [9.17, 15) is 18.0 Å². The number of aliphatic carboxylic acids is 1. The Morgan fingerprint density at radius 1 is 1.39 bits per heavy atom. The standard InChI is InChI=1S/C12H12F3NO2/c1-8(11(17)18)6-7-16-10-5-3-2-4-9(10)12(13,14)15/h2-6,16H,7H2,1H3,(H,17,18)/b8-6-. The van der Waals surface area contributed by atoms with E-state index < -0.39 is 17.7 Å². The van der Waals surface area contributed by atoms with Crippen LogP contribution >= 0.6 is 0 Å². The number of rotatable bonds is 4. The van der Waals surface area contributed by atoms with E-state index in [1.807, 2.05) is 0 Å². The number of carboxylic acid groups (broad SMARTS) is 1. The maximum Gasteiger partial charge on any atom is 0.418 e. The molecule has 0 amide bonds. The molecule has 0 saturated carbocycles. The molecule has 0 fully saturated rings. The van der Waals surface area contributed by atoms with Gasteiger partial charge in [-0.05, 0) is 19.1 Å². The molecule has 2 N–H and O–H groups in total. The molecule has 3 nitrogen and oxygen atoms in total. The number of nitrogens with one attached hydrogen (secondary N) is 1. The number of carboxylic acids is 1. The average Bonchev–Trinajstić information content (AvgIpc) is 2.28. The predicted octanol–water partition coefficient (Wildman–Crippen LogP) is 3.15. The van der Waals surface area contributed by atoms with E-state index >= 15 is 0 Å². The summed E-state index contributed by atoms with van der Waals surface area (Å²) in [6, 6.07) is 5.04. The van der Waals surface area contributed by atoms with Gasteiger partial charge in [0, 0.05) is 17.8 Å². The van der Waals surface area contributed by atoms with Crippen molar-refractivity contribution in [3.63, 3.8) is 0 Å². The lowest BCUT2D eigenvalue weighted by atomic mass is 10.1. The summed E-state index contributed by atoms with van der Waals surface area (Å²) in [5.41, 5.74) is -0.766. The number of para-hydroxylation sites is 1. The highest BCUT2D eigenvalue weighted by atomic mass is 19.4. The highest BCUT2D eigenvalue weighted by molar-refractivity contribution is 5.85. The predicted molar refractivity (Wildman–Crippen MR) is 61.3 cm³/mol. The fourth-order valence-corrected chi connectivity index (χ4v) is 1.29. The summed E-state index contributed by atoms with van der Waals surface area (Å²) in [5, 5.41) is 11.1. The van der Waals surface area contributed by atoms with Crippen molar-refractivity contribution < 1.29 is 23.1 Å². The number of halogens is 3. The van der Waals surface area contributed by atoms with Crippen LogP contribution in [0.5, 0.6) is 0 Å². The fraction of sp³-hybridized carbons (Fsp3) is 0.250. The lowest BCUT2D eigenvalue weighted by molar-refractivity contribution is -0.137. The Hall–Kier alpha value is -1.98. The van der Waals surface area contributed by atoms with Crippen LogP contribution in [0.4, 0.5) is 18.9 Å². The second-order valence-corrected chi connectivity index (χ2v) is 3.62. The van der Waals surface area contributed by atoms with Crippen LogP contribution in [0.1, 0.15) is 12.5 Å². The Bertz CT molecular complexity index is 467. The molecule has 1 aromatic carbocycles. The zero-order valence-corrected chi connectivity index (χ0v) is 9.58. The van der Waals surface area contributed by atoms with E-state index in [2.05, 4.69) is 5.32 Å². The number of hydrogen-bond acceptors (Lipinski definition) is 2. The largest absolute Gasteiger partial charge is 0.478 e. The van der Waals surface area contributed by atoms with Crippen LogP contribution in [-0.2, 0) is 11.0 Å². The van der Waals surface area contributed by atoms with Gasteiger partial charge in [0.25, 0.3) is 0 Å². The summed E-state index contributed by atoms with van der Waals surface area (Å²) in [5.74, 6) is -1.10. The quantitative estimate of drug-likeness (QED) is 0.816. The summed E-state index contributed by atoms with van der Waals surface area (Å²) >= 11 is 0. The van der Waals surface area contributed by atoms with Gasteiger partial charge in [0.1, 0.15) is 0 Å². The molecule has 18 heavy (non-hydrogen) atoms. The molecule has 6 heteroatoms. The highest BCUT2D eigenvalue weighted by Crippen LogP contribution is 2.34. The van der Waals surface area contributed by atoms with Crippen molar-refractivity contribution in [1.82, 2.24) is 0 Å². The maximum atomic E-state index is 12.6. The topological polar surface area (TPSA) is 49.3 Å². The molecule has 1 aromatic rings. The van der Waals surface area contributed by atoms with E-state index in [4.69, 9.17) is 5.11 Å². The maximum absolute atomic E-state index is 12.6. The molecule has 0 atom stereocenters. The van der Waals surface area contributed by atoms with Crippen molar-refractivity contribution in [3.05, 3.63) is 41.5 Å². The Morgan fingerprint density at radius 2 is 2.00 bits per heavy atom. The van der Waals surface area contributed by atoms with Crippen LogP contribution in [0.2, 0.25) is 0 Å². The van der Waals surface area contributed by atoms with Crippen molar-refractivity contribution >= 4 is 11.7 Å². The lowest BCUT2D eigenvalue weighted by Gasteiger charge is -2.13. The number of carbonyl (C=O) groups is 1. The molecule has 0 radical (unpaired) electrons. The van der Waals surface area contributed by atoms with Gasteiger partial charge in [-0.3, -0.25) is 0 Å². The van der Waals surface area contributed by atoms with Crippen LogP contribution in [0, 0.1) is 0 Å². The first-order chi connectivity index (χ1) is 8.32. The SMILES string of the molecule is C/C(=C/CNc1ccccc1C(F)(F)F)C(=O)O. The van der Waals surface area contributed by atoms with Crippen LogP contribution in [-0.4, -0.2) is 17.6 Å². The van der Waals surface area contributed by atoms with Crippen molar-refractivity contribution in [3.8, 4) is 0 Å². The number of anilines is 1. The van der Waals surface area contributed by atoms with Gasteiger partial charge in [0.05, 0.1) is 5.56 Å². The molecule has 0 spiro atoms. The molecule has 98 valence electrons. The van der Waals surface area contributed by atoms with E-state index in [1.54, 1.807) is 0 Å². The minimum absolute atomic E-state index is 0.0191.